The molecule has 0 radical (unpaired) electrons. The smallest absolute Gasteiger partial charge is 0.278 e. The van der Waals surface area contributed by atoms with Gasteiger partial charge in [-0.1, -0.05) is 48.5 Å². The third-order valence-electron chi connectivity index (χ3n) is 6.24. The molecular formula is C29H23N3O3. The Hall–Kier alpha value is -4.63. The lowest BCUT2D eigenvalue weighted by Crippen LogP contribution is -2.31. The third kappa shape index (κ3) is 3.98. The second-order valence-electron chi connectivity index (χ2n) is 8.17. The minimum atomic E-state index is -0.389. The summed E-state index contributed by atoms with van der Waals surface area (Å²) in [4.78, 5) is 17.6. The monoisotopic (exact) mass is 461 g/mol. The number of nitrogens with zero attached hydrogens (tertiary/aromatic N) is 3. The fourth-order valence-electron chi connectivity index (χ4n) is 4.52. The van der Waals surface area contributed by atoms with Gasteiger partial charge in [0, 0.05) is 23.2 Å². The first-order chi connectivity index (χ1) is 17.1. The van der Waals surface area contributed by atoms with Crippen molar-refractivity contribution in [2.45, 2.75) is 13.0 Å². The number of amides is 1. The molecule has 5 rings (SSSR count). The zero-order valence-electron chi connectivity index (χ0n) is 19.5. The lowest BCUT2D eigenvalue weighted by molar-refractivity contribution is 0.0997. The van der Waals surface area contributed by atoms with E-state index in [1.54, 1.807) is 38.5 Å². The van der Waals surface area contributed by atoms with Crippen LogP contribution in [0.1, 0.15) is 21.5 Å². The number of methoxy groups -OCH3 is 2. The average molecular weight is 462 g/mol. The number of nitriles is 1. The van der Waals surface area contributed by atoms with E-state index in [0.29, 0.717) is 41.1 Å². The number of aryl methyl sites for hydroxylation is 1. The van der Waals surface area contributed by atoms with E-state index in [9.17, 15) is 10.1 Å². The average Bonchev–Trinajstić information content (AvgIpc) is 2.92. The van der Waals surface area contributed by atoms with Crippen LogP contribution in [0.15, 0.2) is 83.9 Å². The summed E-state index contributed by atoms with van der Waals surface area (Å²) in [5, 5.41) is 10.2. The van der Waals surface area contributed by atoms with Crippen LogP contribution in [0.25, 0.3) is 22.4 Å². The van der Waals surface area contributed by atoms with Crippen molar-refractivity contribution < 1.29 is 14.3 Å². The van der Waals surface area contributed by atoms with Gasteiger partial charge in [0.25, 0.3) is 5.91 Å². The summed E-state index contributed by atoms with van der Waals surface area (Å²) in [7, 11) is 3.23. The molecule has 172 valence electrons. The normalized spacial score (nSPS) is 12.3. The highest BCUT2D eigenvalue weighted by atomic mass is 16.5. The van der Waals surface area contributed by atoms with Crippen LogP contribution in [0.5, 0.6) is 11.5 Å². The maximum Gasteiger partial charge on any atom is 0.278 e. The fraction of sp³-hybridized carbons (Fsp3) is 0.138. The van der Waals surface area contributed by atoms with Gasteiger partial charge in [0.1, 0.15) is 11.6 Å². The third-order valence-corrected chi connectivity index (χ3v) is 6.24. The van der Waals surface area contributed by atoms with Crippen LogP contribution in [0.4, 0.5) is 0 Å². The highest BCUT2D eigenvalue weighted by molar-refractivity contribution is 5.95. The van der Waals surface area contributed by atoms with Crippen LogP contribution < -0.4 is 15.0 Å². The number of aromatic nitrogens is 1. The van der Waals surface area contributed by atoms with Crippen molar-refractivity contribution in [1.29, 1.82) is 5.26 Å². The van der Waals surface area contributed by atoms with E-state index < -0.39 is 0 Å². The van der Waals surface area contributed by atoms with E-state index in [4.69, 9.17) is 9.47 Å². The van der Waals surface area contributed by atoms with Crippen molar-refractivity contribution in [3.8, 4) is 40.0 Å². The molecule has 0 N–H and O–H groups in total. The molecule has 6 heteroatoms. The minimum Gasteiger partial charge on any atom is -0.493 e. The summed E-state index contributed by atoms with van der Waals surface area (Å²) in [5.41, 5.74) is 5.73. The minimum absolute atomic E-state index is 0.359. The number of fused-ring (bicyclic) bond motifs is 3. The molecule has 0 bridgehead atoms. The molecule has 1 aliphatic heterocycles. The molecule has 0 saturated heterocycles. The molecule has 0 fully saturated rings. The van der Waals surface area contributed by atoms with Crippen molar-refractivity contribution in [1.82, 2.24) is 4.57 Å². The Kier molecular flexibility index (Phi) is 5.90. The van der Waals surface area contributed by atoms with Gasteiger partial charge in [-0.25, -0.2) is 0 Å². The molecule has 0 unspecified atom stereocenters. The van der Waals surface area contributed by atoms with E-state index in [0.717, 1.165) is 27.9 Å². The summed E-state index contributed by atoms with van der Waals surface area (Å²) in [6.45, 7) is 0.572. The van der Waals surface area contributed by atoms with Crippen molar-refractivity contribution in [2.75, 3.05) is 14.2 Å². The van der Waals surface area contributed by atoms with E-state index in [1.165, 1.54) is 0 Å². The summed E-state index contributed by atoms with van der Waals surface area (Å²) >= 11 is 0. The van der Waals surface area contributed by atoms with Crippen molar-refractivity contribution in [3.05, 3.63) is 101 Å². The fourth-order valence-corrected chi connectivity index (χ4v) is 4.52. The SMILES string of the molecule is COc1cc2c(cc1OC)-c1cc(-c3ccccc3)c(C#N)c(=NC(=O)c3ccccc3)n1CC2. The second-order valence-corrected chi connectivity index (χ2v) is 8.17. The topological polar surface area (TPSA) is 76.6 Å². The maximum atomic E-state index is 13.1. The lowest BCUT2D eigenvalue weighted by atomic mass is 9.92. The Balaban J connectivity index is 1.84. The summed E-state index contributed by atoms with van der Waals surface area (Å²) in [6, 6.07) is 26.9. The van der Waals surface area contributed by atoms with Gasteiger partial charge in [-0.2, -0.15) is 10.3 Å². The van der Waals surface area contributed by atoms with Crippen LogP contribution in [-0.4, -0.2) is 24.7 Å². The van der Waals surface area contributed by atoms with Crippen molar-refractivity contribution in [2.24, 2.45) is 4.99 Å². The number of ether oxygens (including phenoxy) is 2. The number of pyridine rings is 1. The summed E-state index contributed by atoms with van der Waals surface area (Å²) < 4.78 is 13.0. The number of hydrogen-bond acceptors (Lipinski definition) is 4. The molecule has 0 saturated carbocycles. The molecule has 1 aliphatic rings. The number of rotatable bonds is 4. The molecule has 35 heavy (non-hydrogen) atoms. The van der Waals surface area contributed by atoms with E-state index in [2.05, 4.69) is 11.1 Å². The predicted octanol–water partition coefficient (Wildman–Crippen LogP) is 5.01. The van der Waals surface area contributed by atoms with Gasteiger partial charge in [0.2, 0.25) is 0 Å². The molecular weight excluding hydrogens is 438 g/mol. The van der Waals surface area contributed by atoms with Crippen LogP contribution in [0, 0.1) is 11.3 Å². The van der Waals surface area contributed by atoms with Gasteiger partial charge in [0.15, 0.2) is 17.0 Å². The largest absolute Gasteiger partial charge is 0.493 e. The van der Waals surface area contributed by atoms with Crippen LogP contribution >= 0.6 is 0 Å². The molecule has 0 aliphatic carbocycles. The maximum absolute atomic E-state index is 13.1. The van der Waals surface area contributed by atoms with E-state index in [1.807, 2.05) is 59.2 Å². The Bertz CT molecular complexity index is 1530. The second kappa shape index (κ2) is 9.32. The van der Waals surface area contributed by atoms with E-state index >= 15 is 0 Å². The Labute approximate surface area is 203 Å². The first-order valence-corrected chi connectivity index (χ1v) is 11.3. The van der Waals surface area contributed by atoms with Gasteiger partial charge >= 0.3 is 0 Å². The van der Waals surface area contributed by atoms with Crippen LogP contribution in [0.3, 0.4) is 0 Å². The highest BCUT2D eigenvalue weighted by Gasteiger charge is 2.24. The molecule has 0 spiro atoms. The number of hydrogen-bond donors (Lipinski definition) is 0. The Morgan fingerprint density at radius 3 is 2.23 bits per heavy atom. The van der Waals surface area contributed by atoms with Gasteiger partial charge in [0.05, 0.1) is 19.9 Å². The number of carbonyl (C=O) groups is 1. The van der Waals surface area contributed by atoms with Crippen molar-refractivity contribution in [3.63, 3.8) is 0 Å². The first kappa shape index (κ1) is 22.2. The number of carbonyl (C=O) groups excluding carboxylic acids is 1. The van der Waals surface area contributed by atoms with Crippen LogP contribution in [0.2, 0.25) is 0 Å². The lowest BCUT2D eigenvalue weighted by Gasteiger charge is -2.26. The zero-order chi connectivity index (χ0) is 24.4. The zero-order valence-corrected chi connectivity index (χ0v) is 19.5. The van der Waals surface area contributed by atoms with Crippen molar-refractivity contribution >= 4 is 5.91 Å². The molecule has 1 amide bonds. The van der Waals surface area contributed by atoms with E-state index in [-0.39, 0.29) is 5.91 Å². The molecule has 3 aromatic carbocycles. The molecule has 0 atom stereocenters. The van der Waals surface area contributed by atoms with Gasteiger partial charge < -0.3 is 14.0 Å². The van der Waals surface area contributed by atoms with Gasteiger partial charge in [-0.15, -0.1) is 0 Å². The Morgan fingerprint density at radius 1 is 0.914 bits per heavy atom. The quantitative estimate of drug-likeness (QED) is 0.428. The van der Waals surface area contributed by atoms with Crippen LogP contribution in [-0.2, 0) is 13.0 Å². The predicted molar refractivity (Wildman–Crippen MR) is 133 cm³/mol. The Morgan fingerprint density at radius 2 is 1.57 bits per heavy atom. The standard InChI is InChI=1S/C29H23N3O3/c1-34-26-15-21-13-14-32-25(23(21)17-27(26)35-2)16-22(19-9-5-3-6-10-19)24(18-30)28(32)31-29(33)20-11-7-4-8-12-20/h3-12,15-17H,13-14H2,1-2H3. The summed E-state index contributed by atoms with van der Waals surface area (Å²) in [5.74, 6) is 0.894. The number of benzene rings is 3. The molecule has 4 aromatic rings. The molecule has 6 nitrogen and oxygen atoms in total. The molecule has 1 aromatic heterocycles. The first-order valence-electron chi connectivity index (χ1n) is 11.3. The van der Waals surface area contributed by atoms with Gasteiger partial charge in [-0.05, 0) is 47.9 Å². The summed E-state index contributed by atoms with van der Waals surface area (Å²) in [6.07, 6.45) is 0.699. The highest BCUT2D eigenvalue weighted by Crippen LogP contribution is 2.39. The molecule has 2 heterocycles. The van der Waals surface area contributed by atoms with Gasteiger partial charge in [-0.3, -0.25) is 4.79 Å².